The van der Waals surface area contributed by atoms with Crippen LogP contribution < -0.4 is 10.1 Å². The summed E-state index contributed by atoms with van der Waals surface area (Å²) < 4.78 is 19.0. The number of hydrogen-bond acceptors (Lipinski definition) is 3. The van der Waals surface area contributed by atoms with Crippen LogP contribution in [0.15, 0.2) is 47.4 Å². The summed E-state index contributed by atoms with van der Waals surface area (Å²) in [5.74, 6) is -0.578. The molecule has 0 bridgehead atoms. The van der Waals surface area contributed by atoms with Crippen molar-refractivity contribution in [1.29, 1.82) is 0 Å². The molecule has 104 valence electrons. The van der Waals surface area contributed by atoms with Gasteiger partial charge in [-0.25, -0.2) is 4.39 Å². The number of hydrogen-bond donors (Lipinski definition) is 2. The number of amides is 1. The number of carbonyl (C=O) groups excluding carboxylic acids is 1. The minimum absolute atomic E-state index is 0.0520. The second kappa shape index (κ2) is 6.43. The normalized spacial score (nSPS) is 10.2. The highest BCUT2D eigenvalue weighted by Crippen LogP contribution is 2.25. The highest BCUT2D eigenvalue weighted by atomic mass is 32.1. The quantitative estimate of drug-likeness (QED) is 0.842. The molecule has 0 aromatic heterocycles. The molecule has 5 heteroatoms. The number of ether oxygens (including phenoxy) is 1. The molecule has 0 spiro atoms. The lowest BCUT2D eigenvalue weighted by molar-refractivity contribution is 0.102. The molecule has 2 aromatic rings. The van der Waals surface area contributed by atoms with Gasteiger partial charge in [0.15, 0.2) is 0 Å². The maximum absolute atomic E-state index is 13.6. The number of rotatable bonds is 4. The zero-order chi connectivity index (χ0) is 14.5. The summed E-state index contributed by atoms with van der Waals surface area (Å²) in [6, 6.07) is 11.1. The molecule has 0 saturated carbocycles. The van der Waals surface area contributed by atoms with Gasteiger partial charge >= 0.3 is 0 Å². The van der Waals surface area contributed by atoms with Gasteiger partial charge in [-0.05, 0) is 37.3 Å². The van der Waals surface area contributed by atoms with Crippen LogP contribution in [-0.4, -0.2) is 12.5 Å². The van der Waals surface area contributed by atoms with E-state index in [0.717, 1.165) is 0 Å². The zero-order valence-corrected chi connectivity index (χ0v) is 11.8. The molecule has 0 heterocycles. The van der Waals surface area contributed by atoms with Crippen molar-refractivity contribution in [3.63, 3.8) is 0 Å². The van der Waals surface area contributed by atoms with E-state index < -0.39 is 11.7 Å². The van der Waals surface area contributed by atoms with Gasteiger partial charge in [0.05, 0.1) is 17.9 Å². The van der Waals surface area contributed by atoms with E-state index in [4.69, 9.17) is 4.74 Å². The Kier molecular flexibility index (Phi) is 4.63. The molecule has 0 aliphatic carbocycles. The maximum Gasteiger partial charge on any atom is 0.258 e. The van der Waals surface area contributed by atoms with Gasteiger partial charge in [-0.15, -0.1) is 12.6 Å². The largest absolute Gasteiger partial charge is 0.492 e. The molecule has 1 N–H and O–H groups in total. The van der Waals surface area contributed by atoms with Gasteiger partial charge in [0, 0.05) is 4.90 Å². The fourth-order valence-electron chi connectivity index (χ4n) is 1.73. The Morgan fingerprint density at radius 2 is 2.05 bits per heavy atom. The molecule has 0 fully saturated rings. The van der Waals surface area contributed by atoms with Crippen LogP contribution in [0.25, 0.3) is 0 Å². The van der Waals surface area contributed by atoms with E-state index in [1.165, 1.54) is 18.2 Å². The molecule has 0 aliphatic heterocycles. The Bertz CT molecular complexity index is 631. The Balaban J connectivity index is 2.26. The predicted octanol–water partition coefficient (Wildman–Crippen LogP) is 3.77. The second-order valence-corrected chi connectivity index (χ2v) is 4.56. The summed E-state index contributed by atoms with van der Waals surface area (Å²) >= 11 is 4.10. The van der Waals surface area contributed by atoms with Gasteiger partial charge < -0.3 is 10.1 Å². The second-order valence-electron chi connectivity index (χ2n) is 4.05. The monoisotopic (exact) mass is 291 g/mol. The van der Waals surface area contributed by atoms with E-state index >= 15 is 0 Å². The maximum atomic E-state index is 13.6. The number of thiol groups is 1. The minimum Gasteiger partial charge on any atom is -0.492 e. The molecular weight excluding hydrogens is 277 g/mol. The number of benzene rings is 2. The van der Waals surface area contributed by atoms with Crippen molar-refractivity contribution in [1.82, 2.24) is 0 Å². The first-order chi connectivity index (χ1) is 9.61. The third kappa shape index (κ3) is 3.30. The topological polar surface area (TPSA) is 38.3 Å². The van der Waals surface area contributed by atoms with E-state index in [1.807, 2.05) is 6.92 Å². The van der Waals surface area contributed by atoms with Crippen LogP contribution in [0.3, 0.4) is 0 Å². The van der Waals surface area contributed by atoms with Gasteiger partial charge in [-0.2, -0.15) is 0 Å². The van der Waals surface area contributed by atoms with E-state index in [0.29, 0.717) is 22.9 Å². The molecule has 3 nitrogen and oxygen atoms in total. The lowest BCUT2D eigenvalue weighted by Crippen LogP contribution is -2.14. The van der Waals surface area contributed by atoms with Crippen LogP contribution in [0.5, 0.6) is 5.75 Å². The molecule has 0 atom stereocenters. The van der Waals surface area contributed by atoms with E-state index in [1.54, 1.807) is 24.3 Å². The number of anilines is 1. The highest BCUT2D eigenvalue weighted by molar-refractivity contribution is 7.80. The third-order valence-electron chi connectivity index (χ3n) is 2.63. The zero-order valence-electron chi connectivity index (χ0n) is 10.9. The first kappa shape index (κ1) is 14.4. The van der Waals surface area contributed by atoms with Crippen LogP contribution in [0.1, 0.15) is 17.3 Å². The molecule has 2 rings (SSSR count). The van der Waals surface area contributed by atoms with Crippen LogP contribution in [0.2, 0.25) is 0 Å². The SMILES string of the molecule is CCOc1ccccc1NC(=O)c1cc(S)ccc1F. The summed E-state index contributed by atoms with van der Waals surface area (Å²) in [6.45, 7) is 2.33. The highest BCUT2D eigenvalue weighted by Gasteiger charge is 2.14. The molecule has 20 heavy (non-hydrogen) atoms. The average Bonchev–Trinajstić information content (AvgIpc) is 2.44. The van der Waals surface area contributed by atoms with Gasteiger partial charge in [-0.1, -0.05) is 12.1 Å². The number of nitrogens with one attached hydrogen (secondary N) is 1. The van der Waals surface area contributed by atoms with Crippen molar-refractivity contribution in [3.05, 3.63) is 53.8 Å². The molecule has 2 aromatic carbocycles. The molecule has 0 saturated heterocycles. The molecule has 0 aliphatic rings. The number of para-hydroxylation sites is 2. The summed E-state index contributed by atoms with van der Waals surface area (Å²) in [4.78, 5) is 12.6. The van der Waals surface area contributed by atoms with Gasteiger partial charge in [0.2, 0.25) is 0 Å². The van der Waals surface area contributed by atoms with Crippen molar-refractivity contribution in [2.45, 2.75) is 11.8 Å². The third-order valence-corrected chi connectivity index (χ3v) is 2.91. The van der Waals surface area contributed by atoms with Crippen molar-refractivity contribution in [3.8, 4) is 5.75 Å². The number of halogens is 1. The Morgan fingerprint density at radius 3 is 2.80 bits per heavy atom. The first-order valence-electron chi connectivity index (χ1n) is 6.13. The lowest BCUT2D eigenvalue weighted by Gasteiger charge is -2.11. The number of carbonyl (C=O) groups is 1. The van der Waals surface area contributed by atoms with E-state index in [9.17, 15) is 9.18 Å². The lowest BCUT2D eigenvalue weighted by atomic mass is 10.2. The molecular formula is C15H14FNO2S. The molecule has 0 unspecified atom stereocenters. The predicted molar refractivity (Wildman–Crippen MR) is 79.2 cm³/mol. The van der Waals surface area contributed by atoms with Crippen molar-refractivity contribution < 1.29 is 13.9 Å². The Labute approximate surface area is 122 Å². The summed E-state index contributed by atoms with van der Waals surface area (Å²) in [7, 11) is 0. The summed E-state index contributed by atoms with van der Waals surface area (Å²) in [6.07, 6.45) is 0. The summed E-state index contributed by atoms with van der Waals surface area (Å²) in [5, 5.41) is 2.64. The molecule has 1 amide bonds. The fourth-order valence-corrected chi connectivity index (χ4v) is 1.93. The minimum atomic E-state index is -0.589. The van der Waals surface area contributed by atoms with E-state index in [-0.39, 0.29) is 5.56 Å². The van der Waals surface area contributed by atoms with Crippen LogP contribution in [-0.2, 0) is 0 Å². The standard InChI is InChI=1S/C15H14FNO2S/c1-2-19-14-6-4-3-5-13(14)17-15(18)11-9-10(20)7-8-12(11)16/h3-9,20H,2H2,1H3,(H,17,18). The van der Waals surface area contributed by atoms with Gasteiger partial charge in [0.25, 0.3) is 5.91 Å². The average molecular weight is 291 g/mol. The molecule has 0 radical (unpaired) electrons. The smallest absolute Gasteiger partial charge is 0.258 e. The van der Waals surface area contributed by atoms with Crippen LogP contribution >= 0.6 is 12.6 Å². The summed E-state index contributed by atoms with van der Waals surface area (Å²) in [5.41, 5.74) is 0.451. The van der Waals surface area contributed by atoms with E-state index in [2.05, 4.69) is 17.9 Å². The van der Waals surface area contributed by atoms with Crippen molar-refractivity contribution in [2.24, 2.45) is 0 Å². The Morgan fingerprint density at radius 1 is 1.30 bits per heavy atom. The Hall–Kier alpha value is -2.01. The van der Waals surface area contributed by atoms with Crippen molar-refractivity contribution in [2.75, 3.05) is 11.9 Å². The van der Waals surface area contributed by atoms with Gasteiger partial charge in [0.1, 0.15) is 11.6 Å². The fraction of sp³-hybridized carbons (Fsp3) is 0.133. The van der Waals surface area contributed by atoms with Crippen LogP contribution in [0, 0.1) is 5.82 Å². The van der Waals surface area contributed by atoms with Gasteiger partial charge in [-0.3, -0.25) is 4.79 Å². The first-order valence-corrected chi connectivity index (χ1v) is 6.58. The van der Waals surface area contributed by atoms with Crippen molar-refractivity contribution >= 4 is 24.2 Å². The van der Waals surface area contributed by atoms with Crippen LogP contribution in [0.4, 0.5) is 10.1 Å².